The number of fused-ring (bicyclic) bond motifs is 1. The lowest BCUT2D eigenvalue weighted by atomic mass is 9.82. The predicted octanol–water partition coefficient (Wildman–Crippen LogP) is 3.52. The number of carboxylic acid groups (broad SMARTS) is 1. The monoisotopic (exact) mass is 521 g/mol. The number of benzene rings is 1. The summed E-state index contributed by atoms with van der Waals surface area (Å²) in [4.78, 5) is 33.3. The van der Waals surface area contributed by atoms with Gasteiger partial charge in [0.25, 0.3) is 5.91 Å². The number of pyridine rings is 2. The number of ether oxygens (including phenoxy) is 1. The maximum absolute atomic E-state index is 13.3. The molecule has 38 heavy (non-hydrogen) atoms. The number of aliphatic hydroxyl groups excluding tert-OH is 1. The zero-order chi connectivity index (χ0) is 26.7. The van der Waals surface area contributed by atoms with Gasteiger partial charge in [0.2, 0.25) is 0 Å². The van der Waals surface area contributed by atoms with Crippen LogP contribution < -0.4 is 16.0 Å². The lowest BCUT2D eigenvalue weighted by molar-refractivity contribution is 0.0942. The topological polar surface area (TPSA) is 146 Å². The number of nitrogens with zero attached hydrogens (tertiary/aromatic N) is 2. The van der Waals surface area contributed by atoms with Crippen LogP contribution in [-0.4, -0.2) is 71.6 Å². The first kappa shape index (κ1) is 27.3. The molecule has 0 unspecified atom stereocenters. The lowest BCUT2D eigenvalue weighted by Crippen LogP contribution is -2.34. The van der Waals surface area contributed by atoms with Gasteiger partial charge in [0.05, 0.1) is 36.6 Å². The van der Waals surface area contributed by atoms with E-state index in [4.69, 9.17) is 19.9 Å². The van der Waals surface area contributed by atoms with Crippen LogP contribution in [0.5, 0.6) is 0 Å². The molecule has 1 saturated carbocycles. The zero-order valence-electron chi connectivity index (χ0n) is 21.4. The van der Waals surface area contributed by atoms with Crippen molar-refractivity contribution in [3.63, 3.8) is 0 Å². The van der Waals surface area contributed by atoms with Crippen molar-refractivity contribution in [3.05, 3.63) is 54.2 Å². The number of aromatic nitrogens is 2. The molecule has 0 radical (unpaired) electrons. The third kappa shape index (κ3) is 7.62. The van der Waals surface area contributed by atoms with Gasteiger partial charge in [-0.2, -0.15) is 0 Å². The van der Waals surface area contributed by atoms with Gasteiger partial charge in [-0.3, -0.25) is 4.79 Å². The summed E-state index contributed by atoms with van der Waals surface area (Å²) in [5.41, 5.74) is 2.80. The zero-order valence-corrected chi connectivity index (χ0v) is 21.4. The van der Waals surface area contributed by atoms with Gasteiger partial charge in [-0.1, -0.05) is 18.2 Å². The van der Waals surface area contributed by atoms with E-state index in [1.54, 1.807) is 6.20 Å². The number of anilines is 1. The summed E-state index contributed by atoms with van der Waals surface area (Å²) >= 11 is 0. The minimum Gasteiger partial charge on any atom is -0.465 e. The molecule has 1 aliphatic rings. The van der Waals surface area contributed by atoms with E-state index in [1.807, 2.05) is 42.5 Å². The highest BCUT2D eigenvalue weighted by Crippen LogP contribution is 2.29. The average Bonchev–Trinajstić information content (AvgIpc) is 2.95. The summed E-state index contributed by atoms with van der Waals surface area (Å²) in [6.07, 6.45) is 4.59. The Hall–Kier alpha value is -3.76. The Morgan fingerprint density at radius 1 is 0.974 bits per heavy atom. The second-order valence-electron chi connectivity index (χ2n) is 9.55. The molecule has 5 N–H and O–H groups in total. The Labute approximate surface area is 221 Å². The number of aliphatic hydroxyl groups is 1. The van der Waals surface area contributed by atoms with Crippen LogP contribution in [0.1, 0.15) is 36.0 Å². The van der Waals surface area contributed by atoms with E-state index in [0.717, 1.165) is 42.1 Å². The minimum absolute atomic E-state index is 0.000811. The number of hydrogen-bond donors (Lipinski definition) is 5. The summed E-state index contributed by atoms with van der Waals surface area (Å²) in [7, 11) is 0. The Balaban J connectivity index is 1.39. The molecule has 0 saturated heterocycles. The molecule has 2 heterocycles. The van der Waals surface area contributed by atoms with Crippen LogP contribution in [0.25, 0.3) is 22.2 Å². The second-order valence-corrected chi connectivity index (χ2v) is 9.55. The van der Waals surface area contributed by atoms with Crippen LogP contribution in [-0.2, 0) is 4.74 Å². The SMILES string of the molecule is O=C(O)NC[C@H]1CC[C@H](CNC(=O)c2cc(-c3ccc(NCCOCCO)nc3)nc3ccccc23)CC1. The number of para-hydroxylation sites is 1. The molecule has 1 fully saturated rings. The van der Waals surface area contributed by atoms with Crippen molar-refractivity contribution >= 4 is 28.7 Å². The molecule has 3 aromatic rings. The van der Waals surface area contributed by atoms with Gasteiger partial charge >= 0.3 is 6.09 Å². The van der Waals surface area contributed by atoms with E-state index < -0.39 is 6.09 Å². The first-order valence-corrected chi connectivity index (χ1v) is 13.1. The van der Waals surface area contributed by atoms with Gasteiger partial charge in [0.15, 0.2) is 0 Å². The highest BCUT2D eigenvalue weighted by Gasteiger charge is 2.23. The molecular weight excluding hydrogens is 486 g/mol. The van der Waals surface area contributed by atoms with Crippen LogP contribution in [0.4, 0.5) is 10.6 Å². The van der Waals surface area contributed by atoms with Crippen LogP contribution in [0.2, 0.25) is 0 Å². The number of nitrogens with one attached hydrogen (secondary N) is 3. The molecule has 202 valence electrons. The molecule has 1 aromatic carbocycles. The number of rotatable bonds is 12. The molecule has 1 aliphatic carbocycles. The van der Waals surface area contributed by atoms with Gasteiger partial charge in [-0.05, 0) is 61.8 Å². The maximum atomic E-state index is 13.3. The third-order valence-electron chi connectivity index (χ3n) is 6.87. The molecule has 0 spiro atoms. The Kier molecular flexibility index (Phi) is 9.83. The highest BCUT2D eigenvalue weighted by atomic mass is 16.5. The smallest absolute Gasteiger partial charge is 0.404 e. The van der Waals surface area contributed by atoms with Crippen LogP contribution in [0.3, 0.4) is 0 Å². The Morgan fingerprint density at radius 2 is 1.71 bits per heavy atom. The average molecular weight is 522 g/mol. The first-order valence-electron chi connectivity index (χ1n) is 13.1. The highest BCUT2D eigenvalue weighted by molar-refractivity contribution is 6.07. The van der Waals surface area contributed by atoms with Crippen LogP contribution in [0.15, 0.2) is 48.7 Å². The quantitative estimate of drug-likeness (QED) is 0.228. The molecular formula is C28H35N5O5. The molecule has 0 bridgehead atoms. The van der Waals surface area contributed by atoms with Crippen molar-refractivity contribution in [2.24, 2.45) is 11.8 Å². The maximum Gasteiger partial charge on any atom is 0.404 e. The number of carbonyl (C=O) groups excluding carboxylic acids is 1. The van der Waals surface area contributed by atoms with Crippen molar-refractivity contribution in [2.75, 3.05) is 44.8 Å². The molecule has 0 atom stereocenters. The van der Waals surface area contributed by atoms with Gasteiger partial charge < -0.3 is 30.9 Å². The fourth-order valence-corrected chi connectivity index (χ4v) is 4.78. The third-order valence-corrected chi connectivity index (χ3v) is 6.87. The van der Waals surface area contributed by atoms with Crippen molar-refractivity contribution in [1.82, 2.24) is 20.6 Å². The van der Waals surface area contributed by atoms with E-state index >= 15 is 0 Å². The second kappa shape index (κ2) is 13.7. The number of amides is 2. The summed E-state index contributed by atoms with van der Waals surface area (Å²) in [5.74, 6) is 1.31. The number of carbonyl (C=O) groups is 2. The van der Waals surface area contributed by atoms with E-state index in [0.29, 0.717) is 61.8 Å². The van der Waals surface area contributed by atoms with Gasteiger partial charge in [0.1, 0.15) is 5.82 Å². The van der Waals surface area contributed by atoms with Gasteiger partial charge in [-0.25, -0.2) is 14.8 Å². The summed E-state index contributed by atoms with van der Waals surface area (Å²) in [6, 6.07) is 13.2. The standard InChI is InChI=1S/C28H35N5O5/c34-12-14-38-13-11-29-26-10-9-21(18-30-26)25-15-23(22-3-1-2-4-24(22)33-25)27(35)31-16-19-5-7-20(8-6-19)17-32-28(36)37/h1-4,9-10,15,18-20,32,34H,5-8,11-14,16-17H2,(H,29,30)(H,31,35)(H,36,37)/t19-,20-. The van der Waals surface area contributed by atoms with Crippen molar-refractivity contribution in [1.29, 1.82) is 0 Å². The first-order chi connectivity index (χ1) is 18.5. The van der Waals surface area contributed by atoms with Crippen LogP contribution in [0, 0.1) is 11.8 Å². The number of hydrogen-bond acceptors (Lipinski definition) is 7. The van der Waals surface area contributed by atoms with E-state index in [2.05, 4.69) is 20.9 Å². The van der Waals surface area contributed by atoms with Crippen molar-refractivity contribution in [2.45, 2.75) is 25.7 Å². The summed E-state index contributed by atoms with van der Waals surface area (Å²) in [5, 5.41) is 27.1. The Bertz CT molecular complexity index is 1210. The molecule has 0 aliphatic heterocycles. The lowest BCUT2D eigenvalue weighted by Gasteiger charge is -2.28. The van der Waals surface area contributed by atoms with Crippen molar-refractivity contribution < 1.29 is 24.5 Å². The van der Waals surface area contributed by atoms with Crippen molar-refractivity contribution in [3.8, 4) is 11.3 Å². The predicted molar refractivity (Wildman–Crippen MR) is 145 cm³/mol. The Morgan fingerprint density at radius 3 is 2.39 bits per heavy atom. The minimum atomic E-state index is -0.980. The largest absolute Gasteiger partial charge is 0.465 e. The van der Waals surface area contributed by atoms with Crippen LogP contribution >= 0.6 is 0 Å². The fraction of sp³-hybridized carbons (Fsp3) is 0.429. The molecule has 2 aromatic heterocycles. The fourth-order valence-electron chi connectivity index (χ4n) is 4.78. The molecule has 4 rings (SSSR count). The van der Waals surface area contributed by atoms with Gasteiger partial charge in [-0.15, -0.1) is 0 Å². The molecule has 10 nitrogen and oxygen atoms in total. The molecule has 2 amide bonds. The van der Waals surface area contributed by atoms with E-state index in [-0.39, 0.29) is 12.5 Å². The summed E-state index contributed by atoms with van der Waals surface area (Å²) < 4.78 is 5.24. The van der Waals surface area contributed by atoms with Gasteiger partial charge in [0, 0.05) is 36.8 Å². The van der Waals surface area contributed by atoms with E-state index in [1.165, 1.54) is 0 Å². The summed E-state index contributed by atoms with van der Waals surface area (Å²) in [6.45, 7) is 2.44. The normalized spacial score (nSPS) is 17.2. The van der Waals surface area contributed by atoms with E-state index in [9.17, 15) is 9.59 Å². The molecule has 10 heteroatoms.